The van der Waals surface area contributed by atoms with Crippen LogP contribution in [0.1, 0.15) is 5.56 Å². The van der Waals surface area contributed by atoms with E-state index in [2.05, 4.69) is 0 Å². The highest BCUT2D eigenvalue weighted by Crippen LogP contribution is 2.06. The van der Waals surface area contributed by atoms with E-state index >= 15 is 0 Å². The predicted molar refractivity (Wildman–Crippen MR) is 80.9 cm³/mol. The molecule has 0 heterocycles. The summed E-state index contributed by atoms with van der Waals surface area (Å²) in [5.41, 5.74) is 13.7. The van der Waals surface area contributed by atoms with Crippen molar-refractivity contribution in [1.82, 2.24) is 0 Å². The number of para-hydroxylation sites is 2. The van der Waals surface area contributed by atoms with Crippen molar-refractivity contribution in [3.63, 3.8) is 0 Å². The first-order valence-corrected chi connectivity index (χ1v) is 4.82. The van der Waals surface area contributed by atoms with Crippen LogP contribution in [0, 0.1) is 6.92 Å². The molecule has 0 aromatic heterocycles. The van der Waals surface area contributed by atoms with Gasteiger partial charge in [-0.1, -0.05) is 36.4 Å². The molecule has 94 valence electrons. The maximum atomic E-state index is 5.52. The third-order valence-electron chi connectivity index (χ3n) is 1.99. The van der Waals surface area contributed by atoms with Gasteiger partial charge in [-0.2, -0.15) is 0 Å². The molecule has 0 amide bonds. The van der Waals surface area contributed by atoms with Gasteiger partial charge in [0.15, 0.2) is 0 Å². The van der Waals surface area contributed by atoms with E-state index in [-0.39, 0.29) is 24.8 Å². The van der Waals surface area contributed by atoms with E-state index in [0.29, 0.717) is 0 Å². The molecule has 0 fully saturated rings. The minimum absolute atomic E-state index is 0. The lowest BCUT2D eigenvalue weighted by molar-refractivity contribution is 1.47. The van der Waals surface area contributed by atoms with E-state index in [1.807, 2.05) is 61.5 Å². The first kappa shape index (κ1) is 18.0. The van der Waals surface area contributed by atoms with E-state index in [1.54, 1.807) is 0 Å². The molecule has 0 aliphatic carbocycles. The van der Waals surface area contributed by atoms with E-state index in [0.717, 1.165) is 16.9 Å². The van der Waals surface area contributed by atoms with Crippen LogP contribution in [-0.4, -0.2) is 0 Å². The summed E-state index contributed by atoms with van der Waals surface area (Å²) in [5, 5.41) is 0. The van der Waals surface area contributed by atoms with Crippen molar-refractivity contribution in [2.45, 2.75) is 6.92 Å². The summed E-state index contributed by atoms with van der Waals surface area (Å²) in [6.45, 7) is 2.00. The third kappa shape index (κ3) is 7.50. The lowest BCUT2D eigenvalue weighted by atomic mass is 10.2. The van der Waals surface area contributed by atoms with Gasteiger partial charge in [-0.3, -0.25) is 0 Å². The molecule has 0 spiro atoms. The van der Waals surface area contributed by atoms with Gasteiger partial charge < -0.3 is 11.5 Å². The van der Waals surface area contributed by atoms with Gasteiger partial charge in [0.1, 0.15) is 0 Å². The zero-order valence-corrected chi connectivity index (χ0v) is 11.3. The number of nitrogen functional groups attached to an aromatic ring is 2. The molecule has 2 rings (SSSR count). The van der Waals surface area contributed by atoms with Crippen LogP contribution in [0.3, 0.4) is 0 Å². The summed E-state index contributed by atoms with van der Waals surface area (Å²) >= 11 is 0. The number of rotatable bonds is 0. The first-order valence-electron chi connectivity index (χ1n) is 4.82. The van der Waals surface area contributed by atoms with Crippen molar-refractivity contribution in [3.05, 3.63) is 60.2 Å². The molecular weight excluding hydrogens is 255 g/mol. The fourth-order valence-electron chi connectivity index (χ4n) is 1.04. The Hall–Kier alpha value is -1.38. The highest BCUT2D eigenvalue weighted by molar-refractivity contribution is 5.85. The van der Waals surface area contributed by atoms with Crippen LogP contribution in [0.15, 0.2) is 54.6 Å². The van der Waals surface area contributed by atoms with Gasteiger partial charge in [0.25, 0.3) is 0 Å². The monoisotopic (exact) mass is 272 g/mol. The Labute approximate surface area is 115 Å². The van der Waals surface area contributed by atoms with Crippen LogP contribution in [0.2, 0.25) is 0 Å². The molecule has 0 saturated carbocycles. The van der Waals surface area contributed by atoms with Gasteiger partial charge in [-0.05, 0) is 30.7 Å². The zero-order valence-electron chi connectivity index (χ0n) is 9.67. The lowest BCUT2D eigenvalue weighted by Gasteiger charge is -1.93. The largest absolute Gasteiger partial charge is 0.399 e. The molecule has 17 heavy (non-hydrogen) atoms. The highest BCUT2D eigenvalue weighted by atomic mass is 35.5. The number of anilines is 2. The van der Waals surface area contributed by atoms with Crippen molar-refractivity contribution < 1.29 is 0 Å². The molecule has 0 radical (unpaired) electrons. The quantitative estimate of drug-likeness (QED) is 0.719. The molecular formula is C13H18Cl2N2. The molecule has 0 saturated heterocycles. The maximum absolute atomic E-state index is 5.52. The van der Waals surface area contributed by atoms with Crippen molar-refractivity contribution >= 4 is 36.2 Å². The number of aryl methyl sites for hydroxylation is 1. The molecule has 2 aromatic carbocycles. The summed E-state index contributed by atoms with van der Waals surface area (Å²) in [6.07, 6.45) is 0. The van der Waals surface area contributed by atoms with Gasteiger partial charge in [-0.25, -0.2) is 0 Å². The summed E-state index contributed by atoms with van der Waals surface area (Å²) in [6, 6.07) is 17.3. The second-order valence-corrected chi connectivity index (χ2v) is 3.27. The summed E-state index contributed by atoms with van der Waals surface area (Å²) in [4.78, 5) is 0. The predicted octanol–water partition coefficient (Wildman–Crippen LogP) is 3.69. The van der Waals surface area contributed by atoms with Crippen molar-refractivity contribution in [1.29, 1.82) is 0 Å². The standard InChI is InChI=1S/C7H9N.C6H7N.2ClH/c1-6-4-2-3-5-7(6)8;7-6-4-2-1-3-5-6;;/h2-5H,8H2,1H3;1-5H,7H2;2*1H. The Morgan fingerprint density at radius 3 is 1.47 bits per heavy atom. The summed E-state index contributed by atoms with van der Waals surface area (Å²) in [5.74, 6) is 0. The number of nitrogens with two attached hydrogens (primary N) is 2. The Morgan fingerprint density at radius 2 is 1.18 bits per heavy atom. The van der Waals surface area contributed by atoms with Crippen LogP contribution < -0.4 is 11.5 Å². The molecule has 2 aromatic rings. The number of benzene rings is 2. The van der Waals surface area contributed by atoms with Gasteiger partial charge in [0.05, 0.1) is 0 Å². The molecule has 4 heteroatoms. The van der Waals surface area contributed by atoms with Crippen molar-refractivity contribution in [2.75, 3.05) is 11.5 Å². The number of hydrogen-bond acceptors (Lipinski definition) is 2. The Morgan fingerprint density at radius 1 is 0.706 bits per heavy atom. The third-order valence-corrected chi connectivity index (χ3v) is 1.99. The molecule has 2 nitrogen and oxygen atoms in total. The van der Waals surface area contributed by atoms with E-state index in [4.69, 9.17) is 11.5 Å². The molecule has 0 aliphatic heterocycles. The average molecular weight is 273 g/mol. The van der Waals surface area contributed by atoms with Gasteiger partial charge in [-0.15, -0.1) is 24.8 Å². The molecule has 0 aliphatic rings. The van der Waals surface area contributed by atoms with Gasteiger partial charge in [0.2, 0.25) is 0 Å². The SMILES string of the molecule is Cc1ccccc1N.Cl.Cl.Nc1ccccc1. The van der Waals surface area contributed by atoms with Crippen molar-refractivity contribution in [2.24, 2.45) is 0 Å². The van der Waals surface area contributed by atoms with Crippen LogP contribution in [0.25, 0.3) is 0 Å². The van der Waals surface area contributed by atoms with Gasteiger partial charge in [0, 0.05) is 11.4 Å². The second-order valence-electron chi connectivity index (χ2n) is 3.27. The van der Waals surface area contributed by atoms with Crippen LogP contribution >= 0.6 is 24.8 Å². The van der Waals surface area contributed by atoms with Crippen LogP contribution in [-0.2, 0) is 0 Å². The highest BCUT2D eigenvalue weighted by Gasteiger charge is 1.84. The molecule has 4 N–H and O–H groups in total. The molecule has 0 bridgehead atoms. The maximum Gasteiger partial charge on any atom is 0.0343 e. The molecule has 0 unspecified atom stereocenters. The average Bonchev–Trinajstić information content (AvgIpc) is 2.25. The minimum atomic E-state index is 0. The zero-order chi connectivity index (χ0) is 11.1. The Balaban J connectivity index is 0. The van der Waals surface area contributed by atoms with Crippen LogP contribution in [0.4, 0.5) is 11.4 Å². The lowest BCUT2D eigenvalue weighted by Crippen LogP contribution is -1.85. The molecule has 0 atom stereocenters. The normalized spacial score (nSPS) is 7.82. The Kier molecular flexibility index (Phi) is 10.4. The number of hydrogen-bond donors (Lipinski definition) is 2. The van der Waals surface area contributed by atoms with Crippen molar-refractivity contribution in [3.8, 4) is 0 Å². The smallest absolute Gasteiger partial charge is 0.0343 e. The first-order chi connectivity index (χ1) is 7.20. The number of halogens is 2. The van der Waals surface area contributed by atoms with Gasteiger partial charge >= 0.3 is 0 Å². The fraction of sp³-hybridized carbons (Fsp3) is 0.0769. The van der Waals surface area contributed by atoms with E-state index in [1.165, 1.54) is 0 Å². The van der Waals surface area contributed by atoms with E-state index < -0.39 is 0 Å². The Bertz CT molecular complexity index is 384. The topological polar surface area (TPSA) is 52.0 Å². The fourth-order valence-corrected chi connectivity index (χ4v) is 1.04. The minimum Gasteiger partial charge on any atom is -0.399 e. The summed E-state index contributed by atoms with van der Waals surface area (Å²) < 4.78 is 0. The van der Waals surface area contributed by atoms with Crippen LogP contribution in [0.5, 0.6) is 0 Å². The summed E-state index contributed by atoms with van der Waals surface area (Å²) in [7, 11) is 0. The second kappa shape index (κ2) is 9.82. The van der Waals surface area contributed by atoms with E-state index in [9.17, 15) is 0 Å².